The largest absolute Gasteiger partial charge is 0.349 e. The maximum atomic E-state index is 12.2. The number of hydrogen-bond donors (Lipinski definition) is 1. The fraction of sp³-hybridized carbons (Fsp3) is 0.571. The summed E-state index contributed by atoms with van der Waals surface area (Å²) in [6.07, 6.45) is 5.89. The quantitative estimate of drug-likeness (QED) is 0.660. The summed E-state index contributed by atoms with van der Waals surface area (Å²) in [6, 6.07) is 3.33. The molecule has 0 spiro atoms. The van der Waals surface area contributed by atoms with Crippen molar-refractivity contribution in [1.29, 1.82) is 0 Å². The summed E-state index contributed by atoms with van der Waals surface area (Å²) in [4.78, 5) is 16.1. The van der Waals surface area contributed by atoms with E-state index in [2.05, 4.69) is 17.2 Å². The fourth-order valence-electron chi connectivity index (χ4n) is 2.56. The molecule has 0 saturated heterocycles. The molecule has 2 unspecified atom stereocenters. The van der Waals surface area contributed by atoms with Crippen molar-refractivity contribution >= 4 is 29.1 Å². The highest BCUT2D eigenvalue weighted by Crippen LogP contribution is 2.23. The molecule has 2 rings (SSSR count). The molecule has 1 amide bonds. The number of carbonyl (C=O) groups is 1. The van der Waals surface area contributed by atoms with Gasteiger partial charge in [0.15, 0.2) is 0 Å². The molecule has 19 heavy (non-hydrogen) atoms. The summed E-state index contributed by atoms with van der Waals surface area (Å²) in [5.74, 6) is 0.393. The molecule has 3 nitrogen and oxygen atoms in total. The number of rotatable bonds is 2. The van der Waals surface area contributed by atoms with Gasteiger partial charge >= 0.3 is 0 Å². The molecular weight excluding hydrogens is 283 g/mol. The number of nitrogens with one attached hydrogen (secondary N) is 1. The van der Waals surface area contributed by atoms with Gasteiger partial charge in [0.1, 0.15) is 10.3 Å². The van der Waals surface area contributed by atoms with E-state index in [1.165, 1.54) is 25.7 Å². The van der Waals surface area contributed by atoms with Crippen LogP contribution in [0.5, 0.6) is 0 Å². The third-order valence-corrected chi connectivity index (χ3v) is 4.09. The fourth-order valence-corrected chi connectivity index (χ4v) is 3.02. The number of aromatic nitrogens is 1. The van der Waals surface area contributed by atoms with Gasteiger partial charge in [-0.1, -0.05) is 49.4 Å². The van der Waals surface area contributed by atoms with E-state index in [1.54, 1.807) is 12.1 Å². The summed E-state index contributed by atoms with van der Waals surface area (Å²) in [7, 11) is 0. The molecule has 1 aliphatic carbocycles. The molecule has 1 aliphatic rings. The van der Waals surface area contributed by atoms with Crippen molar-refractivity contribution in [2.45, 2.75) is 45.1 Å². The van der Waals surface area contributed by atoms with Crippen LogP contribution >= 0.6 is 23.2 Å². The minimum absolute atomic E-state index is 0.120. The maximum absolute atomic E-state index is 12.2. The van der Waals surface area contributed by atoms with Gasteiger partial charge < -0.3 is 5.32 Å². The second-order valence-electron chi connectivity index (χ2n) is 5.20. The van der Waals surface area contributed by atoms with Crippen LogP contribution < -0.4 is 5.32 Å². The Morgan fingerprint density at radius 2 is 1.84 bits per heavy atom. The average Bonchev–Trinajstić information content (AvgIpc) is 2.54. The van der Waals surface area contributed by atoms with Crippen molar-refractivity contribution in [3.8, 4) is 0 Å². The van der Waals surface area contributed by atoms with E-state index >= 15 is 0 Å². The summed E-state index contributed by atoms with van der Waals surface area (Å²) in [5.41, 5.74) is 0.474. The predicted octanol–water partition coefficient (Wildman–Crippen LogP) is 4.09. The number of nitrogens with zero attached hydrogens (tertiary/aromatic N) is 1. The second kappa shape index (κ2) is 6.58. The minimum atomic E-state index is -0.120. The lowest BCUT2D eigenvalue weighted by molar-refractivity contribution is 0.0921. The van der Waals surface area contributed by atoms with Gasteiger partial charge in [-0.15, -0.1) is 0 Å². The molecule has 0 aromatic carbocycles. The molecule has 5 heteroatoms. The minimum Gasteiger partial charge on any atom is -0.349 e. The first kappa shape index (κ1) is 14.6. The molecule has 1 aromatic heterocycles. The van der Waals surface area contributed by atoms with Crippen molar-refractivity contribution in [2.24, 2.45) is 5.92 Å². The first-order valence-electron chi connectivity index (χ1n) is 6.70. The van der Waals surface area contributed by atoms with E-state index in [9.17, 15) is 4.79 Å². The van der Waals surface area contributed by atoms with Crippen LogP contribution in [-0.4, -0.2) is 16.9 Å². The first-order valence-corrected chi connectivity index (χ1v) is 7.46. The number of amides is 1. The van der Waals surface area contributed by atoms with Gasteiger partial charge in [-0.2, -0.15) is 0 Å². The Bertz CT molecular complexity index is 445. The first-order chi connectivity index (χ1) is 9.06. The molecule has 2 atom stereocenters. The number of hydrogen-bond acceptors (Lipinski definition) is 2. The van der Waals surface area contributed by atoms with Crippen LogP contribution in [0.4, 0.5) is 0 Å². The molecular formula is C14H18Cl2N2O. The van der Waals surface area contributed by atoms with E-state index in [0.29, 0.717) is 11.5 Å². The monoisotopic (exact) mass is 300 g/mol. The van der Waals surface area contributed by atoms with Crippen molar-refractivity contribution in [3.05, 3.63) is 28.0 Å². The van der Waals surface area contributed by atoms with Crippen LogP contribution in [-0.2, 0) is 0 Å². The molecule has 1 N–H and O–H groups in total. The lowest BCUT2D eigenvalue weighted by atomic mass is 9.96. The summed E-state index contributed by atoms with van der Waals surface area (Å²) in [6.45, 7) is 2.20. The Labute approximate surface area is 123 Å². The van der Waals surface area contributed by atoms with E-state index in [0.717, 1.165) is 6.42 Å². The van der Waals surface area contributed by atoms with Crippen molar-refractivity contribution in [3.63, 3.8) is 0 Å². The van der Waals surface area contributed by atoms with Gasteiger partial charge in [0, 0.05) is 11.6 Å². The van der Waals surface area contributed by atoms with Crippen LogP contribution in [0.15, 0.2) is 12.1 Å². The molecule has 1 heterocycles. The molecule has 0 aliphatic heterocycles. The molecule has 0 radical (unpaired) electrons. The molecule has 1 fully saturated rings. The molecule has 1 aromatic rings. The van der Waals surface area contributed by atoms with Crippen LogP contribution in [0.3, 0.4) is 0 Å². The predicted molar refractivity (Wildman–Crippen MR) is 77.8 cm³/mol. The zero-order chi connectivity index (χ0) is 13.8. The zero-order valence-corrected chi connectivity index (χ0v) is 12.5. The van der Waals surface area contributed by atoms with Crippen LogP contribution in [0, 0.1) is 5.92 Å². The van der Waals surface area contributed by atoms with Crippen LogP contribution in [0.25, 0.3) is 0 Å². The van der Waals surface area contributed by atoms with E-state index in [1.807, 2.05) is 0 Å². The number of pyridine rings is 1. The van der Waals surface area contributed by atoms with Gasteiger partial charge in [-0.05, 0) is 30.9 Å². The summed E-state index contributed by atoms with van der Waals surface area (Å²) >= 11 is 11.6. The lowest BCUT2D eigenvalue weighted by Crippen LogP contribution is -2.38. The standard InChI is InChI=1S/C14H18Cl2N2O/c1-9-5-3-2-4-6-11(9)17-14(19)10-7-12(15)18-13(16)8-10/h7-9,11H,2-6H2,1H3,(H,17,19). The van der Waals surface area contributed by atoms with Crippen LogP contribution in [0.1, 0.15) is 49.4 Å². The zero-order valence-electron chi connectivity index (χ0n) is 11.0. The highest BCUT2D eigenvalue weighted by Gasteiger charge is 2.22. The number of carbonyl (C=O) groups excluding carboxylic acids is 1. The Morgan fingerprint density at radius 3 is 2.53 bits per heavy atom. The van der Waals surface area contributed by atoms with E-state index < -0.39 is 0 Å². The summed E-state index contributed by atoms with van der Waals surface area (Å²) < 4.78 is 0. The SMILES string of the molecule is CC1CCCCCC1NC(=O)c1cc(Cl)nc(Cl)c1. The van der Waals surface area contributed by atoms with Crippen LogP contribution in [0.2, 0.25) is 10.3 Å². The van der Waals surface area contributed by atoms with Gasteiger partial charge in [0.2, 0.25) is 0 Å². The number of halogens is 2. The molecule has 1 saturated carbocycles. The normalized spacial score (nSPS) is 23.7. The van der Waals surface area contributed by atoms with Gasteiger partial charge in [0.05, 0.1) is 0 Å². The van der Waals surface area contributed by atoms with Crippen molar-refractivity contribution in [1.82, 2.24) is 10.3 Å². The average molecular weight is 301 g/mol. The highest BCUT2D eigenvalue weighted by molar-refractivity contribution is 6.33. The Kier molecular flexibility index (Phi) is 5.06. The Balaban J connectivity index is 2.07. The second-order valence-corrected chi connectivity index (χ2v) is 5.97. The summed E-state index contributed by atoms with van der Waals surface area (Å²) in [5, 5.41) is 3.58. The van der Waals surface area contributed by atoms with Crippen molar-refractivity contribution in [2.75, 3.05) is 0 Å². The van der Waals surface area contributed by atoms with Gasteiger partial charge in [-0.25, -0.2) is 4.98 Å². The van der Waals surface area contributed by atoms with E-state index in [-0.39, 0.29) is 22.3 Å². The Morgan fingerprint density at radius 1 is 1.21 bits per heavy atom. The maximum Gasteiger partial charge on any atom is 0.251 e. The third kappa shape index (κ3) is 4.08. The third-order valence-electron chi connectivity index (χ3n) is 3.70. The highest BCUT2D eigenvalue weighted by atomic mass is 35.5. The Hall–Kier alpha value is -0.800. The van der Waals surface area contributed by atoms with E-state index in [4.69, 9.17) is 23.2 Å². The lowest BCUT2D eigenvalue weighted by Gasteiger charge is -2.22. The molecule has 0 bridgehead atoms. The molecule has 104 valence electrons. The van der Waals surface area contributed by atoms with Gasteiger partial charge in [0.25, 0.3) is 5.91 Å². The smallest absolute Gasteiger partial charge is 0.251 e. The van der Waals surface area contributed by atoms with Gasteiger partial charge in [-0.3, -0.25) is 4.79 Å². The van der Waals surface area contributed by atoms with Crippen molar-refractivity contribution < 1.29 is 4.79 Å². The topological polar surface area (TPSA) is 42.0 Å².